The SMILES string of the molecule is CC(=O)C[C@H]1CCC(O[Si](C)(C)C)=C1C. The minimum Gasteiger partial charge on any atom is -0.547 e. The quantitative estimate of drug-likeness (QED) is 0.686. The van der Waals surface area contributed by atoms with Crippen molar-refractivity contribution in [3.63, 3.8) is 0 Å². The molecule has 86 valence electrons. The van der Waals surface area contributed by atoms with Crippen LogP contribution in [0.3, 0.4) is 0 Å². The summed E-state index contributed by atoms with van der Waals surface area (Å²) in [5.41, 5.74) is 1.31. The monoisotopic (exact) mass is 226 g/mol. The summed E-state index contributed by atoms with van der Waals surface area (Å²) >= 11 is 0. The molecule has 0 aromatic carbocycles. The first-order valence-corrected chi connectivity index (χ1v) is 9.08. The molecule has 0 bridgehead atoms. The maximum absolute atomic E-state index is 11.1. The van der Waals surface area contributed by atoms with Crippen LogP contribution >= 0.6 is 0 Å². The zero-order chi connectivity index (χ0) is 11.6. The molecule has 0 aromatic rings. The third kappa shape index (κ3) is 3.82. The second-order valence-electron chi connectivity index (χ2n) is 5.46. The van der Waals surface area contributed by atoms with Gasteiger partial charge in [0, 0.05) is 12.8 Å². The van der Waals surface area contributed by atoms with Crippen molar-refractivity contribution < 1.29 is 9.22 Å². The fourth-order valence-corrected chi connectivity index (χ4v) is 3.05. The van der Waals surface area contributed by atoms with E-state index >= 15 is 0 Å². The molecule has 0 fully saturated rings. The van der Waals surface area contributed by atoms with E-state index < -0.39 is 8.32 Å². The Bertz CT molecular complexity index is 286. The normalized spacial score (nSPS) is 22.1. The van der Waals surface area contributed by atoms with Crippen LogP contribution in [0.5, 0.6) is 0 Å². The van der Waals surface area contributed by atoms with E-state index in [4.69, 9.17) is 4.43 Å². The Labute approximate surface area is 93.8 Å². The van der Waals surface area contributed by atoms with E-state index in [-0.39, 0.29) is 5.78 Å². The summed E-state index contributed by atoms with van der Waals surface area (Å²) in [4.78, 5) is 11.1. The van der Waals surface area contributed by atoms with Gasteiger partial charge in [-0.1, -0.05) is 0 Å². The first-order valence-electron chi connectivity index (χ1n) is 5.67. The van der Waals surface area contributed by atoms with Gasteiger partial charge in [-0.25, -0.2) is 0 Å². The molecule has 1 aliphatic rings. The molecule has 0 aromatic heterocycles. The molecule has 1 atom stereocenters. The Hall–Kier alpha value is -0.573. The van der Waals surface area contributed by atoms with Crippen LogP contribution in [0.4, 0.5) is 0 Å². The van der Waals surface area contributed by atoms with Crippen molar-refractivity contribution >= 4 is 14.1 Å². The average molecular weight is 226 g/mol. The standard InChI is InChI=1S/C12H22O2Si/c1-9(13)8-11-6-7-12(10(11)2)14-15(3,4)5/h11H,6-8H2,1-5H3/t11-/m1/s1. The highest BCUT2D eigenvalue weighted by atomic mass is 28.4. The van der Waals surface area contributed by atoms with Gasteiger partial charge in [0.25, 0.3) is 0 Å². The van der Waals surface area contributed by atoms with Crippen molar-refractivity contribution in [2.75, 3.05) is 0 Å². The van der Waals surface area contributed by atoms with Gasteiger partial charge in [0.2, 0.25) is 8.32 Å². The molecule has 0 spiro atoms. The van der Waals surface area contributed by atoms with Crippen LogP contribution in [0.2, 0.25) is 19.6 Å². The number of hydrogen-bond acceptors (Lipinski definition) is 2. The number of carbonyl (C=O) groups excluding carboxylic acids is 1. The number of allylic oxidation sites excluding steroid dienone is 2. The van der Waals surface area contributed by atoms with Crippen LogP contribution in [0.25, 0.3) is 0 Å². The maximum atomic E-state index is 11.1. The first-order chi connectivity index (χ1) is 6.79. The molecule has 0 saturated heterocycles. The van der Waals surface area contributed by atoms with Crippen LogP contribution in [-0.4, -0.2) is 14.1 Å². The van der Waals surface area contributed by atoms with Crippen molar-refractivity contribution in [2.45, 2.75) is 52.8 Å². The molecular formula is C12H22O2Si. The van der Waals surface area contributed by atoms with E-state index in [1.807, 2.05) is 0 Å². The molecule has 0 aliphatic heterocycles. The van der Waals surface area contributed by atoms with Gasteiger partial charge in [0.1, 0.15) is 5.78 Å². The lowest BCUT2D eigenvalue weighted by Crippen LogP contribution is -2.24. The van der Waals surface area contributed by atoms with Crippen molar-refractivity contribution in [2.24, 2.45) is 5.92 Å². The minimum atomic E-state index is -1.48. The highest BCUT2D eigenvalue weighted by Gasteiger charge is 2.27. The molecule has 0 heterocycles. The molecule has 1 aliphatic carbocycles. The molecule has 0 unspecified atom stereocenters. The van der Waals surface area contributed by atoms with E-state index in [2.05, 4.69) is 26.6 Å². The van der Waals surface area contributed by atoms with Gasteiger partial charge in [-0.05, 0) is 51.4 Å². The summed E-state index contributed by atoms with van der Waals surface area (Å²) in [7, 11) is -1.48. The topological polar surface area (TPSA) is 26.3 Å². The van der Waals surface area contributed by atoms with Crippen LogP contribution in [0.15, 0.2) is 11.3 Å². The Morgan fingerprint density at radius 2 is 2.07 bits per heavy atom. The molecule has 1 rings (SSSR count). The van der Waals surface area contributed by atoms with E-state index in [1.54, 1.807) is 6.92 Å². The molecule has 0 radical (unpaired) electrons. The van der Waals surface area contributed by atoms with Gasteiger partial charge in [0.05, 0.1) is 5.76 Å². The maximum Gasteiger partial charge on any atom is 0.241 e. The lowest BCUT2D eigenvalue weighted by atomic mass is 9.97. The van der Waals surface area contributed by atoms with Crippen molar-refractivity contribution in [1.82, 2.24) is 0 Å². The summed E-state index contributed by atoms with van der Waals surface area (Å²) < 4.78 is 6.03. The lowest BCUT2D eigenvalue weighted by molar-refractivity contribution is -0.117. The predicted octanol–water partition coefficient (Wildman–Crippen LogP) is 3.50. The summed E-state index contributed by atoms with van der Waals surface area (Å²) in [5, 5.41) is 0. The highest BCUT2D eigenvalue weighted by molar-refractivity contribution is 6.70. The third-order valence-corrected chi connectivity index (χ3v) is 3.59. The van der Waals surface area contributed by atoms with E-state index in [9.17, 15) is 4.79 Å². The molecule has 3 heteroatoms. The smallest absolute Gasteiger partial charge is 0.241 e. The lowest BCUT2D eigenvalue weighted by Gasteiger charge is -2.21. The Morgan fingerprint density at radius 1 is 1.47 bits per heavy atom. The molecule has 0 amide bonds. The van der Waals surface area contributed by atoms with Crippen LogP contribution in [-0.2, 0) is 9.22 Å². The Balaban J connectivity index is 2.66. The Kier molecular flexibility index (Phi) is 3.76. The number of Topliss-reactive ketones (excluding diaryl/α,β-unsaturated/α-hetero) is 1. The van der Waals surface area contributed by atoms with Crippen molar-refractivity contribution in [1.29, 1.82) is 0 Å². The number of hydrogen-bond donors (Lipinski definition) is 0. The van der Waals surface area contributed by atoms with Crippen molar-refractivity contribution in [3.05, 3.63) is 11.3 Å². The van der Waals surface area contributed by atoms with Gasteiger partial charge in [-0.2, -0.15) is 0 Å². The molecule has 2 nitrogen and oxygen atoms in total. The fourth-order valence-electron chi connectivity index (χ4n) is 2.05. The largest absolute Gasteiger partial charge is 0.547 e. The van der Waals surface area contributed by atoms with Gasteiger partial charge in [-0.3, -0.25) is 0 Å². The van der Waals surface area contributed by atoms with Gasteiger partial charge in [-0.15, -0.1) is 0 Å². The van der Waals surface area contributed by atoms with E-state index in [1.165, 1.54) is 11.3 Å². The summed E-state index contributed by atoms with van der Waals surface area (Å²) in [6, 6.07) is 0. The minimum absolute atomic E-state index is 0.286. The van der Waals surface area contributed by atoms with Crippen LogP contribution in [0.1, 0.15) is 33.1 Å². The molecular weight excluding hydrogens is 204 g/mol. The number of rotatable bonds is 4. The van der Waals surface area contributed by atoms with E-state index in [0.29, 0.717) is 12.3 Å². The molecule has 15 heavy (non-hydrogen) atoms. The summed E-state index contributed by atoms with van der Waals surface area (Å²) in [5.74, 6) is 1.89. The zero-order valence-electron chi connectivity index (χ0n) is 10.5. The van der Waals surface area contributed by atoms with E-state index in [0.717, 1.165) is 12.8 Å². The van der Waals surface area contributed by atoms with Gasteiger partial charge < -0.3 is 9.22 Å². The van der Waals surface area contributed by atoms with Gasteiger partial charge >= 0.3 is 0 Å². The van der Waals surface area contributed by atoms with Gasteiger partial charge in [0.15, 0.2) is 0 Å². The zero-order valence-corrected chi connectivity index (χ0v) is 11.5. The number of carbonyl (C=O) groups is 1. The van der Waals surface area contributed by atoms with Crippen LogP contribution < -0.4 is 0 Å². The summed E-state index contributed by atoms with van der Waals surface area (Å²) in [6.07, 6.45) is 2.80. The number of ketones is 1. The third-order valence-electron chi connectivity index (χ3n) is 2.74. The fraction of sp³-hybridized carbons (Fsp3) is 0.750. The second kappa shape index (κ2) is 4.52. The summed E-state index contributed by atoms with van der Waals surface area (Å²) in [6.45, 7) is 10.4. The second-order valence-corrected chi connectivity index (χ2v) is 9.89. The average Bonchev–Trinajstić information content (AvgIpc) is 2.32. The molecule has 0 saturated carbocycles. The first kappa shape index (κ1) is 12.5. The molecule has 0 N–H and O–H groups in total. The highest BCUT2D eigenvalue weighted by Crippen LogP contribution is 2.35. The Morgan fingerprint density at radius 3 is 2.53 bits per heavy atom. The van der Waals surface area contributed by atoms with Crippen molar-refractivity contribution in [3.8, 4) is 0 Å². The predicted molar refractivity (Wildman–Crippen MR) is 65.2 cm³/mol. The van der Waals surface area contributed by atoms with Crippen LogP contribution in [0, 0.1) is 5.92 Å².